The largest absolute Gasteiger partial charge is 0.495 e. The fourth-order valence-corrected chi connectivity index (χ4v) is 4.49. The number of ether oxygens (including phenoxy) is 1. The van der Waals surface area contributed by atoms with Gasteiger partial charge in [-0.1, -0.05) is 18.5 Å². The zero-order valence-electron chi connectivity index (χ0n) is 11.0. The molecule has 0 radical (unpaired) electrons. The first-order valence-corrected chi connectivity index (χ1v) is 9.20. The van der Waals surface area contributed by atoms with Gasteiger partial charge in [-0.15, -0.1) is 11.3 Å². The second-order valence-corrected chi connectivity index (χ2v) is 8.28. The molecule has 0 amide bonds. The molecule has 1 N–H and O–H groups in total. The van der Waals surface area contributed by atoms with E-state index in [4.69, 9.17) is 16.3 Å². The van der Waals surface area contributed by atoms with E-state index >= 15 is 0 Å². The molecule has 0 saturated heterocycles. The van der Waals surface area contributed by atoms with Crippen LogP contribution in [-0.4, -0.2) is 13.7 Å². The Morgan fingerprint density at radius 3 is 2.75 bits per heavy atom. The van der Waals surface area contributed by atoms with Gasteiger partial charge in [0.05, 0.1) is 20.5 Å². The maximum Gasteiger partial charge on any atom is 0.138 e. The van der Waals surface area contributed by atoms with E-state index in [-0.39, 0.29) is 6.04 Å². The second kappa shape index (κ2) is 7.45. The van der Waals surface area contributed by atoms with Crippen LogP contribution in [0.25, 0.3) is 0 Å². The van der Waals surface area contributed by atoms with Gasteiger partial charge >= 0.3 is 0 Å². The van der Waals surface area contributed by atoms with E-state index < -0.39 is 0 Å². The third-order valence-corrected chi connectivity index (χ3v) is 5.50. The van der Waals surface area contributed by atoms with Crippen molar-refractivity contribution in [3.8, 4) is 5.75 Å². The van der Waals surface area contributed by atoms with Gasteiger partial charge in [-0.05, 0) is 74.2 Å². The molecule has 0 spiro atoms. The summed E-state index contributed by atoms with van der Waals surface area (Å²) < 4.78 is 7.68. The Morgan fingerprint density at radius 1 is 1.45 bits per heavy atom. The fraction of sp³-hybridized carbons (Fsp3) is 0.286. The van der Waals surface area contributed by atoms with Crippen LogP contribution in [0.1, 0.15) is 24.1 Å². The highest BCUT2D eigenvalue weighted by Crippen LogP contribution is 2.39. The number of rotatable bonds is 5. The number of halogens is 3. The highest BCUT2D eigenvalue weighted by Gasteiger charge is 2.21. The molecule has 0 saturated carbocycles. The van der Waals surface area contributed by atoms with Crippen molar-refractivity contribution in [2.75, 3.05) is 13.7 Å². The highest BCUT2D eigenvalue weighted by atomic mass is 127. The Balaban J connectivity index is 2.54. The second-order valence-electron chi connectivity index (χ2n) is 4.18. The molecule has 0 aliphatic heterocycles. The highest BCUT2D eigenvalue weighted by molar-refractivity contribution is 14.1. The van der Waals surface area contributed by atoms with E-state index in [0.29, 0.717) is 5.02 Å². The molecule has 0 fully saturated rings. The van der Waals surface area contributed by atoms with Gasteiger partial charge in [0.2, 0.25) is 0 Å². The first-order chi connectivity index (χ1) is 9.56. The summed E-state index contributed by atoms with van der Waals surface area (Å²) in [6, 6.07) is 6.07. The van der Waals surface area contributed by atoms with Gasteiger partial charge in [0.1, 0.15) is 5.75 Å². The predicted octanol–water partition coefficient (Wildman–Crippen LogP) is 5.48. The standard InChI is InChI=1S/C14H14BrClINOS/c1-3-18-13(8-4-12(17)20-7-8)10-5-9(16)6-11(15)14(10)19-2/h4-7,13,18H,3H2,1-2H3. The van der Waals surface area contributed by atoms with E-state index in [2.05, 4.69) is 62.2 Å². The topological polar surface area (TPSA) is 21.3 Å². The average molecular weight is 487 g/mol. The zero-order valence-corrected chi connectivity index (χ0v) is 16.4. The maximum absolute atomic E-state index is 6.20. The van der Waals surface area contributed by atoms with E-state index in [9.17, 15) is 0 Å². The molecular formula is C14H14BrClINOS. The first-order valence-electron chi connectivity index (χ1n) is 6.07. The Hall–Kier alpha value is 0.180. The van der Waals surface area contributed by atoms with Crippen LogP contribution in [0.4, 0.5) is 0 Å². The average Bonchev–Trinajstić information content (AvgIpc) is 2.81. The lowest BCUT2D eigenvalue weighted by molar-refractivity contribution is 0.402. The molecule has 0 aliphatic rings. The monoisotopic (exact) mass is 485 g/mol. The van der Waals surface area contributed by atoms with Gasteiger partial charge in [-0.2, -0.15) is 0 Å². The van der Waals surface area contributed by atoms with E-state index in [0.717, 1.165) is 22.3 Å². The van der Waals surface area contributed by atoms with Gasteiger partial charge in [-0.25, -0.2) is 0 Å². The van der Waals surface area contributed by atoms with Crippen LogP contribution >= 0.6 is 61.5 Å². The molecule has 1 atom stereocenters. The minimum absolute atomic E-state index is 0.0738. The Morgan fingerprint density at radius 2 is 2.20 bits per heavy atom. The number of hydrogen-bond acceptors (Lipinski definition) is 3. The van der Waals surface area contributed by atoms with Crippen molar-refractivity contribution in [3.05, 3.63) is 47.1 Å². The van der Waals surface area contributed by atoms with Gasteiger partial charge in [0.25, 0.3) is 0 Å². The van der Waals surface area contributed by atoms with Gasteiger partial charge in [0, 0.05) is 10.6 Å². The Kier molecular flexibility index (Phi) is 6.16. The summed E-state index contributed by atoms with van der Waals surface area (Å²) in [6.07, 6.45) is 0. The van der Waals surface area contributed by atoms with Crippen molar-refractivity contribution in [2.45, 2.75) is 13.0 Å². The molecule has 6 heteroatoms. The van der Waals surface area contributed by atoms with Crippen LogP contribution in [0.15, 0.2) is 28.1 Å². The lowest BCUT2D eigenvalue weighted by Gasteiger charge is -2.21. The molecule has 2 nitrogen and oxygen atoms in total. The Bertz CT molecular complexity index is 605. The number of hydrogen-bond donors (Lipinski definition) is 1. The summed E-state index contributed by atoms with van der Waals surface area (Å²) in [5.41, 5.74) is 2.27. The number of benzene rings is 1. The molecular weight excluding hydrogens is 472 g/mol. The van der Waals surface area contributed by atoms with Crippen molar-refractivity contribution in [2.24, 2.45) is 0 Å². The molecule has 1 aromatic heterocycles. The first kappa shape index (κ1) is 16.5. The molecule has 0 aliphatic carbocycles. The van der Waals surface area contributed by atoms with Crippen molar-refractivity contribution in [1.82, 2.24) is 5.32 Å². The fourth-order valence-electron chi connectivity index (χ4n) is 2.10. The quantitative estimate of drug-likeness (QED) is 0.566. The summed E-state index contributed by atoms with van der Waals surface area (Å²) in [5.74, 6) is 0.821. The summed E-state index contributed by atoms with van der Waals surface area (Å²) in [6.45, 7) is 2.96. The van der Waals surface area contributed by atoms with E-state index in [1.807, 2.05) is 12.1 Å². The maximum atomic E-state index is 6.20. The third kappa shape index (κ3) is 3.68. The van der Waals surface area contributed by atoms with Crippen molar-refractivity contribution < 1.29 is 4.74 Å². The van der Waals surface area contributed by atoms with Crippen LogP contribution in [0, 0.1) is 2.88 Å². The van der Waals surface area contributed by atoms with Gasteiger partial charge < -0.3 is 10.1 Å². The number of nitrogens with one attached hydrogen (secondary N) is 1. The molecule has 1 aromatic carbocycles. The summed E-state index contributed by atoms with van der Waals surface area (Å²) >= 11 is 13.8. The summed E-state index contributed by atoms with van der Waals surface area (Å²) in [4.78, 5) is 0. The molecule has 2 aromatic rings. The predicted molar refractivity (Wildman–Crippen MR) is 98.3 cm³/mol. The minimum atomic E-state index is 0.0738. The zero-order chi connectivity index (χ0) is 14.7. The summed E-state index contributed by atoms with van der Waals surface area (Å²) in [5, 5.41) is 6.37. The van der Waals surface area contributed by atoms with Crippen molar-refractivity contribution in [1.29, 1.82) is 0 Å². The molecule has 108 valence electrons. The van der Waals surface area contributed by atoms with Crippen molar-refractivity contribution in [3.63, 3.8) is 0 Å². The molecule has 1 unspecified atom stereocenters. The lowest BCUT2D eigenvalue weighted by Crippen LogP contribution is -2.22. The molecule has 20 heavy (non-hydrogen) atoms. The molecule has 2 rings (SSSR count). The third-order valence-electron chi connectivity index (χ3n) is 2.88. The van der Waals surface area contributed by atoms with E-state index in [1.54, 1.807) is 18.4 Å². The van der Waals surface area contributed by atoms with Gasteiger partial charge in [0.15, 0.2) is 0 Å². The molecule has 1 heterocycles. The normalized spacial score (nSPS) is 12.4. The number of methoxy groups -OCH3 is 1. The SMILES string of the molecule is CCNC(c1csc(I)c1)c1cc(Cl)cc(Br)c1OC. The Labute approximate surface area is 150 Å². The van der Waals surface area contributed by atoms with Crippen LogP contribution in [0.2, 0.25) is 5.02 Å². The van der Waals surface area contributed by atoms with Crippen molar-refractivity contribution >= 4 is 61.5 Å². The van der Waals surface area contributed by atoms with Crippen LogP contribution in [0.3, 0.4) is 0 Å². The lowest BCUT2D eigenvalue weighted by atomic mass is 10.00. The van der Waals surface area contributed by atoms with Gasteiger partial charge in [-0.3, -0.25) is 0 Å². The minimum Gasteiger partial charge on any atom is -0.495 e. The summed E-state index contributed by atoms with van der Waals surface area (Å²) in [7, 11) is 1.68. The molecule has 0 bridgehead atoms. The van der Waals surface area contributed by atoms with Crippen LogP contribution in [0.5, 0.6) is 5.75 Å². The number of thiophene rings is 1. The van der Waals surface area contributed by atoms with Crippen LogP contribution in [-0.2, 0) is 0 Å². The van der Waals surface area contributed by atoms with Crippen LogP contribution < -0.4 is 10.1 Å². The smallest absolute Gasteiger partial charge is 0.138 e. The van der Waals surface area contributed by atoms with E-state index in [1.165, 1.54) is 8.45 Å².